The Kier molecular flexibility index (Phi) is 4.76. The van der Waals surface area contributed by atoms with Gasteiger partial charge < -0.3 is 24.3 Å². The number of aliphatic hydroxyl groups excluding tert-OH is 1. The van der Waals surface area contributed by atoms with Crippen molar-refractivity contribution in [3.05, 3.63) is 53.8 Å². The maximum Gasteiger partial charge on any atom is 0.296 e. The zero-order valence-corrected chi connectivity index (χ0v) is 17.4. The number of benzene rings is 1. The molecule has 4 atom stereocenters. The molecule has 2 aliphatic heterocycles. The number of halogens is 1. The van der Waals surface area contributed by atoms with Crippen molar-refractivity contribution < 1.29 is 19.3 Å². The minimum Gasteiger partial charge on any atom is -0.456 e. The highest BCUT2D eigenvalue weighted by atomic mass is 35.5. The summed E-state index contributed by atoms with van der Waals surface area (Å²) in [7, 11) is 0. The summed E-state index contributed by atoms with van der Waals surface area (Å²) in [6.07, 6.45) is 1.73. The van der Waals surface area contributed by atoms with Gasteiger partial charge in [-0.3, -0.25) is 0 Å². The predicted octanol–water partition coefficient (Wildman–Crippen LogP) is 2.64. The monoisotopic (exact) mass is 451 g/mol. The van der Waals surface area contributed by atoms with Crippen molar-refractivity contribution in [2.75, 3.05) is 13.2 Å². The maximum absolute atomic E-state index is 9.89. The molecular weight excluding hydrogens is 434 g/mol. The molecule has 162 valence electrons. The molecule has 6 rings (SSSR count). The summed E-state index contributed by atoms with van der Waals surface area (Å²) in [4.78, 5) is 20.7. The Balaban J connectivity index is 1.26. The zero-order valence-electron chi connectivity index (χ0n) is 16.7. The smallest absolute Gasteiger partial charge is 0.296 e. The SMILES string of the molecule is O[C@@H]1CO[C@H]2[C@@H]1OC[C@H]2Oc1nc2nc(-c3ccc(-c4ncccn4)cc3)c(Cl)cc2[nH]1. The molecule has 2 fully saturated rings. The van der Waals surface area contributed by atoms with Gasteiger partial charge in [-0.2, -0.15) is 4.98 Å². The summed E-state index contributed by atoms with van der Waals surface area (Å²) in [5, 5.41) is 10.4. The van der Waals surface area contributed by atoms with Crippen LogP contribution in [-0.2, 0) is 9.47 Å². The van der Waals surface area contributed by atoms with Gasteiger partial charge in [0, 0.05) is 23.5 Å². The normalized spacial score (nSPS) is 24.7. The Hall–Kier alpha value is -3.11. The number of hydrogen-bond donors (Lipinski definition) is 2. The number of nitrogens with one attached hydrogen (secondary N) is 1. The largest absolute Gasteiger partial charge is 0.456 e. The second-order valence-electron chi connectivity index (χ2n) is 7.70. The van der Waals surface area contributed by atoms with Gasteiger partial charge in [-0.25, -0.2) is 15.0 Å². The molecule has 9 nitrogen and oxygen atoms in total. The van der Waals surface area contributed by atoms with Crippen LogP contribution in [-0.4, -0.2) is 67.7 Å². The Morgan fingerprint density at radius 1 is 1.00 bits per heavy atom. The molecule has 0 radical (unpaired) electrons. The molecule has 0 aliphatic carbocycles. The lowest BCUT2D eigenvalue weighted by Gasteiger charge is -2.15. The number of aromatic nitrogens is 5. The average Bonchev–Trinajstić information content (AvgIpc) is 3.51. The second kappa shape index (κ2) is 7.79. The minimum atomic E-state index is -0.632. The van der Waals surface area contributed by atoms with Crippen molar-refractivity contribution in [3.63, 3.8) is 0 Å². The lowest BCUT2D eigenvalue weighted by atomic mass is 10.1. The van der Waals surface area contributed by atoms with Crippen molar-refractivity contribution in [2.45, 2.75) is 24.4 Å². The Morgan fingerprint density at radius 2 is 1.75 bits per heavy atom. The number of H-pyrrole nitrogens is 1. The quantitative estimate of drug-likeness (QED) is 0.486. The number of aromatic amines is 1. The minimum absolute atomic E-state index is 0.241. The van der Waals surface area contributed by atoms with E-state index in [1.807, 2.05) is 24.3 Å². The van der Waals surface area contributed by atoms with E-state index in [1.54, 1.807) is 24.5 Å². The van der Waals surface area contributed by atoms with Crippen LogP contribution in [0.25, 0.3) is 33.8 Å². The lowest BCUT2D eigenvalue weighted by Crippen LogP contribution is -2.34. The van der Waals surface area contributed by atoms with Crippen LogP contribution in [0, 0.1) is 0 Å². The van der Waals surface area contributed by atoms with Crippen molar-refractivity contribution in [2.24, 2.45) is 0 Å². The third-order valence-electron chi connectivity index (χ3n) is 5.63. The summed E-state index contributed by atoms with van der Waals surface area (Å²) in [6.45, 7) is 0.561. The van der Waals surface area contributed by atoms with Gasteiger partial charge in [-0.1, -0.05) is 35.9 Å². The van der Waals surface area contributed by atoms with E-state index >= 15 is 0 Å². The molecule has 10 heteroatoms. The van der Waals surface area contributed by atoms with E-state index in [0.29, 0.717) is 40.3 Å². The fourth-order valence-corrected chi connectivity index (χ4v) is 4.33. The van der Waals surface area contributed by atoms with E-state index in [0.717, 1.165) is 11.1 Å². The molecule has 2 saturated heterocycles. The molecule has 0 saturated carbocycles. The maximum atomic E-state index is 9.89. The molecule has 2 N–H and O–H groups in total. The molecule has 5 heterocycles. The average molecular weight is 452 g/mol. The summed E-state index contributed by atoms with van der Waals surface area (Å²) in [5.41, 5.74) is 3.51. The highest BCUT2D eigenvalue weighted by Crippen LogP contribution is 2.32. The van der Waals surface area contributed by atoms with Crippen LogP contribution in [0.2, 0.25) is 5.02 Å². The van der Waals surface area contributed by atoms with Crippen LogP contribution in [0.1, 0.15) is 0 Å². The summed E-state index contributed by atoms with van der Waals surface area (Å²) >= 11 is 6.52. The van der Waals surface area contributed by atoms with Gasteiger partial charge >= 0.3 is 0 Å². The first-order valence-electron chi connectivity index (χ1n) is 10.2. The van der Waals surface area contributed by atoms with Crippen LogP contribution in [0.5, 0.6) is 6.01 Å². The van der Waals surface area contributed by atoms with Crippen molar-refractivity contribution in [1.29, 1.82) is 0 Å². The van der Waals surface area contributed by atoms with Crippen molar-refractivity contribution >= 4 is 22.8 Å². The second-order valence-corrected chi connectivity index (χ2v) is 8.11. The molecule has 32 heavy (non-hydrogen) atoms. The molecule has 2 aliphatic rings. The van der Waals surface area contributed by atoms with Gasteiger partial charge in [0.15, 0.2) is 17.6 Å². The first-order chi connectivity index (χ1) is 15.7. The molecular formula is C22H18ClN5O4. The van der Waals surface area contributed by atoms with Gasteiger partial charge in [0.05, 0.1) is 29.4 Å². The van der Waals surface area contributed by atoms with Crippen molar-refractivity contribution in [3.8, 4) is 28.7 Å². The Labute approximate surface area is 187 Å². The number of nitrogens with zero attached hydrogens (tertiary/aromatic N) is 4. The van der Waals surface area contributed by atoms with Crippen LogP contribution in [0.15, 0.2) is 48.8 Å². The van der Waals surface area contributed by atoms with Gasteiger partial charge in [0.1, 0.15) is 18.3 Å². The van der Waals surface area contributed by atoms with Crippen LogP contribution in [0.4, 0.5) is 0 Å². The van der Waals surface area contributed by atoms with Gasteiger partial charge in [0.25, 0.3) is 6.01 Å². The number of pyridine rings is 1. The van der Waals surface area contributed by atoms with Crippen molar-refractivity contribution in [1.82, 2.24) is 24.9 Å². The van der Waals surface area contributed by atoms with E-state index < -0.39 is 6.10 Å². The van der Waals surface area contributed by atoms with Crippen LogP contribution < -0.4 is 4.74 Å². The standard InChI is InChI=1S/C22H18ClN5O4/c23-13-8-14-21(28-22(26-14)32-16-10-31-18-15(29)9-30-19(16)18)27-17(13)11-2-4-12(5-3-11)20-24-6-1-7-25-20/h1-8,15-16,18-19,29H,9-10H2,(H,26,27,28)/t15-,16-,18-,19-/m1/s1. The predicted molar refractivity (Wildman–Crippen MR) is 115 cm³/mol. The molecule has 0 spiro atoms. The number of aliphatic hydroxyl groups is 1. The summed E-state index contributed by atoms with van der Waals surface area (Å²) in [5.74, 6) is 0.652. The van der Waals surface area contributed by atoms with E-state index in [-0.39, 0.29) is 24.9 Å². The van der Waals surface area contributed by atoms with Gasteiger partial charge in [-0.15, -0.1) is 0 Å². The van der Waals surface area contributed by atoms with Crippen LogP contribution in [0.3, 0.4) is 0 Å². The third-order valence-corrected chi connectivity index (χ3v) is 5.92. The van der Waals surface area contributed by atoms with Gasteiger partial charge in [-0.05, 0) is 12.1 Å². The van der Waals surface area contributed by atoms with Gasteiger partial charge in [0.2, 0.25) is 0 Å². The summed E-state index contributed by atoms with van der Waals surface area (Å²) < 4.78 is 17.1. The highest BCUT2D eigenvalue weighted by molar-refractivity contribution is 6.33. The van der Waals surface area contributed by atoms with E-state index in [4.69, 9.17) is 25.8 Å². The molecule has 3 aromatic heterocycles. The van der Waals surface area contributed by atoms with E-state index in [1.165, 1.54) is 0 Å². The fraction of sp³-hybridized carbons (Fsp3) is 0.273. The Bertz CT molecular complexity index is 1270. The first kappa shape index (κ1) is 19.6. The Morgan fingerprint density at radius 3 is 2.56 bits per heavy atom. The number of fused-ring (bicyclic) bond motifs is 2. The molecule has 0 bridgehead atoms. The van der Waals surface area contributed by atoms with Crippen LogP contribution >= 0.6 is 11.6 Å². The number of rotatable bonds is 4. The summed E-state index contributed by atoms with van der Waals surface area (Å²) in [6, 6.07) is 11.6. The molecule has 1 aromatic carbocycles. The number of hydrogen-bond acceptors (Lipinski definition) is 8. The highest BCUT2D eigenvalue weighted by Gasteiger charge is 2.48. The molecule has 4 aromatic rings. The lowest BCUT2D eigenvalue weighted by molar-refractivity contribution is 0.00706. The van der Waals surface area contributed by atoms with E-state index in [2.05, 4.69) is 24.9 Å². The first-order valence-corrected chi connectivity index (χ1v) is 10.6. The topological polar surface area (TPSA) is 115 Å². The molecule has 0 unspecified atom stereocenters. The zero-order chi connectivity index (χ0) is 21.7. The molecule has 0 amide bonds. The fourth-order valence-electron chi connectivity index (χ4n) is 4.07. The number of imidazole rings is 1. The third kappa shape index (κ3) is 3.39. The van der Waals surface area contributed by atoms with E-state index in [9.17, 15) is 5.11 Å². The number of ether oxygens (including phenoxy) is 3.